The molecule has 0 bridgehead atoms. The lowest BCUT2D eigenvalue weighted by molar-refractivity contribution is -0.140. The van der Waals surface area contributed by atoms with Crippen molar-refractivity contribution in [1.82, 2.24) is 10.2 Å². The van der Waals surface area contributed by atoms with Crippen molar-refractivity contribution in [2.75, 3.05) is 12.3 Å². The summed E-state index contributed by atoms with van der Waals surface area (Å²) in [5.74, 6) is 1.44. The van der Waals surface area contributed by atoms with E-state index >= 15 is 0 Å². The first-order chi connectivity index (χ1) is 16.6. The Balaban J connectivity index is 1.77. The molecule has 1 atom stereocenters. The highest BCUT2D eigenvalue weighted by Crippen LogP contribution is 2.20. The van der Waals surface area contributed by atoms with Gasteiger partial charge >= 0.3 is 0 Å². The van der Waals surface area contributed by atoms with Gasteiger partial charge in [0, 0.05) is 41.9 Å². The summed E-state index contributed by atoms with van der Waals surface area (Å²) in [7, 11) is 0. The number of rotatable bonds is 12. The number of carbonyl (C=O) groups is 2. The molecular weight excluding hydrogens is 508 g/mol. The Kier molecular flexibility index (Phi) is 10.7. The first kappa shape index (κ1) is 26.0. The molecule has 178 valence electrons. The van der Waals surface area contributed by atoms with Gasteiger partial charge in [-0.05, 0) is 35.7 Å². The van der Waals surface area contributed by atoms with Gasteiger partial charge in [0.15, 0.2) is 0 Å². The quantitative estimate of drug-likeness (QED) is 0.294. The highest BCUT2D eigenvalue weighted by Gasteiger charge is 2.29. The Morgan fingerprint density at radius 3 is 2.21 bits per heavy atom. The van der Waals surface area contributed by atoms with Crippen LogP contribution in [0.25, 0.3) is 0 Å². The molecule has 0 aromatic heterocycles. The van der Waals surface area contributed by atoms with Crippen LogP contribution in [0, 0.1) is 0 Å². The number of halogens is 1. The average Bonchev–Trinajstić information content (AvgIpc) is 2.85. The van der Waals surface area contributed by atoms with E-state index in [1.165, 1.54) is 5.56 Å². The lowest BCUT2D eigenvalue weighted by Crippen LogP contribution is -2.50. The molecule has 3 rings (SSSR count). The van der Waals surface area contributed by atoms with Crippen LogP contribution in [0.2, 0.25) is 0 Å². The van der Waals surface area contributed by atoms with Crippen molar-refractivity contribution in [3.8, 4) is 0 Å². The van der Waals surface area contributed by atoms with Gasteiger partial charge in [-0.1, -0.05) is 88.7 Å². The minimum Gasteiger partial charge on any atom is -0.355 e. The minimum atomic E-state index is -0.576. The Morgan fingerprint density at radius 2 is 1.56 bits per heavy atom. The number of likely N-dealkylation sites (N-methyl/N-ethyl adjacent to an activating group) is 1. The third-order valence-corrected chi connectivity index (χ3v) is 6.96. The third-order valence-electron chi connectivity index (χ3n) is 5.44. The van der Waals surface area contributed by atoms with Crippen molar-refractivity contribution in [3.63, 3.8) is 0 Å². The van der Waals surface area contributed by atoms with Crippen LogP contribution in [0.5, 0.6) is 0 Å². The van der Waals surface area contributed by atoms with Crippen LogP contribution in [0.15, 0.2) is 89.4 Å². The van der Waals surface area contributed by atoms with E-state index in [0.29, 0.717) is 31.7 Å². The molecule has 0 radical (unpaired) electrons. The summed E-state index contributed by atoms with van der Waals surface area (Å²) in [6.07, 6.45) is 0.861. The predicted molar refractivity (Wildman–Crippen MR) is 145 cm³/mol. The fraction of sp³-hybridized carbons (Fsp3) is 0.286. The van der Waals surface area contributed by atoms with Gasteiger partial charge in [0.1, 0.15) is 6.04 Å². The Hall–Kier alpha value is -2.57. The highest BCUT2D eigenvalue weighted by molar-refractivity contribution is 9.10. The Labute approximate surface area is 215 Å². The van der Waals surface area contributed by atoms with Gasteiger partial charge in [-0.2, -0.15) is 11.8 Å². The topological polar surface area (TPSA) is 49.4 Å². The molecule has 4 nitrogen and oxygen atoms in total. The largest absolute Gasteiger partial charge is 0.355 e. The number of hydrogen-bond acceptors (Lipinski definition) is 3. The maximum Gasteiger partial charge on any atom is 0.243 e. The number of benzene rings is 3. The monoisotopic (exact) mass is 538 g/mol. The highest BCUT2D eigenvalue weighted by atomic mass is 79.9. The summed E-state index contributed by atoms with van der Waals surface area (Å²) in [4.78, 5) is 28.4. The van der Waals surface area contributed by atoms with Crippen LogP contribution in [0.1, 0.15) is 30.0 Å². The molecular formula is C28H31BrN2O2S. The second-order valence-corrected chi connectivity index (χ2v) is 10.1. The number of hydrogen-bond donors (Lipinski definition) is 1. The Morgan fingerprint density at radius 1 is 0.912 bits per heavy atom. The second-order valence-electron chi connectivity index (χ2n) is 8.04. The summed E-state index contributed by atoms with van der Waals surface area (Å²) in [6, 6.07) is 27.5. The van der Waals surface area contributed by atoms with E-state index in [1.807, 2.05) is 79.7 Å². The standard InChI is InChI=1S/C28H31BrN2O2S/c1-2-30-28(33)26(19-22-10-5-3-6-11-22)31(20-24-14-9-15-25(29)18-24)27(32)16-17-34-21-23-12-7-4-8-13-23/h3-15,18,26H,2,16-17,19-21H2,1H3,(H,30,33)/t26-/m0/s1. The van der Waals surface area contributed by atoms with Crippen LogP contribution in [-0.2, 0) is 28.3 Å². The molecule has 0 heterocycles. The van der Waals surface area contributed by atoms with E-state index < -0.39 is 6.04 Å². The molecule has 6 heteroatoms. The average molecular weight is 540 g/mol. The second kappa shape index (κ2) is 14.0. The first-order valence-electron chi connectivity index (χ1n) is 11.5. The molecule has 1 N–H and O–H groups in total. The Bertz CT molecular complexity index is 1050. The van der Waals surface area contributed by atoms with Crippen molar-refractivity contribution in [3.05, 3.63) is 106 Å². The first-order valence-corrected chi connectivity index (χ1v) is 13.5. The van der Waals surface area contributed by atoms with Crippen LogP contribution < -0.4 is 5.32 Å². The van der Waals surface area contributed by atoms with E-state index in [-0.39, 0.29) is 11.8 Å². The molecule has 0 aliphatic heterocycles. The van der Waals surface area contributed by atoms with Crippen molar-refractivity contribution in [2.45, 2.75) is 38.1 Å². The van der Waals surface area contributed by atoms with E-state index in [9.17, 15) is 9.59 Å². The lowest BCUT2D eigenvalue weighted by atomic mass is 10.0. The zero-order valence-electron chi connectivity index (χ0n) is 19.5. The van der Waals surface area contributed by atoms with E-state index in [0.717, 1.165) is 21.4 Å². The third kappa shape index (κ3) is 8.33. The molecule has 3 aromatic carbocycles. The van der Waals surface area contributed by atoms with Gasteiger partial charge in [0.25, 0.3) is 0 Å². The van der Waals surface area contributed by atoms with E-state index in [2.05, 4.69) is 33.4 Å². The van der Waals surface area contributed by atoms with Crippen molar-refractivity contribution >= 4 is 39.5 Å². The molecule has 3 aromatic rings. The van der Waals surface area contributed by atoms with Crippen molar-refractivity contribution in [1.29, 1.82) is 0 Å². The zero-order chi connectivity index (χ0) is 24.2. The molecule has 34 heavy (non-hydrogen) atoms. The molecule has 0 saturated carbocycles. The molecule has 0 aliphatic carbocycles. The molecule has 0 spiro atoms. The number of nitrogens with one attached hydrogen (secondary N) is 1. The minimum absolute atomic E-state index is 0.00674. The molecule has 2 amide bonds. The zero-order valence-corrected chi connectivity index (χ0v) is 21.9. The van der Waals surface area contributed by atoms with Crippen LogP contribution in [0.3, 0.4) is 0 Å². The van der Waals surface area contributed by atoms with Crippen LogP contribution >= 0.6 is 27.7 Å². The van der Waals surface area contributed by atoms with E-state index in [4.69, 9.17) is 0 Å². The molecule has 0 saturated heterocycles. The number of amides is 2. The van der Waals surface area contributed by atoms with Crippen molar-refractivity contribution in [2.24, 2.45) is 0 Å². The van der Waals surface area contributed by atoms with Gasteiger partial charge in [0.05, 0.1) is 0 Å². The maximum absolute atomic E-state index is 13.5. The summed E-state index contributed by atoms with van der Waals surface area (Å²) >= 11 is 5.26. The van der Waals surface area contributed by atoms with Gasteiger partial charge in [-0.25, -0.2) is 0 Å². The summed E-state index contributed by atoms with van der Waals surface area (Å²) in [6.45, 7) is 2.81. The van der Waals surface area contributed by atoms with Crippen LogP contribution in [-0.4, -0.2) is 35.1 Å². The molecule has 0 aliphatic rings. The summed E-state index contributed by atoms with van der Waals surface area (Å²) in [5.41, 5.74) is 3.27. The number of thioether (sulfide) groups is 1. The normalized spacial score (nSPS) is 11.6. The van der Waals surface area contributed by atoms with Gasteiger partial charge in [-0.3, -0.25) is 9.59 Å². The SMILES string of the molecule is CCNC(=O)[C@H](Cc1ccccc1)N(Cc1cccc(Br)c1)C(=O)CCSCc1ccccc1. The van der Waals surface area contributed by atoms with Gasteiger partial charge < -0.3 is 10.2 Å². The van der Waals surface area contributed by atoms with Crippen LogP contribution in [0.4, 0.5) is 0 Å². The lowest BCUT2D eigenvalue weighted by Gasteiger charge is -2.31. The van der Waals surface area contributed by atoms with E-state index in [1.54, 1.807) is 16.7 Å². The van der Waals surface area contributed by atoms with Crippen molar-refractivity contribution < 1.29 is 9.59 Å². The smallest absolute Gasteiger partial charge is 0.243 e. The van der Waals surface area contributed by atoms with Gasteiger partial charge in [0.2, 0.25) is 11.8 Å². The summed E-state index contributed by atoms with van der Waals surface area (Å²) in [5, 5.41) is 2.94. The fourth-order valence-electron chi connectivity index (χ4n) is 3.75. The summed E-state index contributed by atoms with van der Waals surface area (Å²) < 4.78 is 0.952. The number of nitrogens with zero attached hydrogens (tertiary/aromatic N) is 1. The molecule has 0 unspecified atom stereocenters. The fourth-order valence-corrected chi connectivity index (χ4v) is 5.08. The van der Waals surface area contributed by atoms with Gasteiger partial charge in [-0.15, -0.1) is 0 Å². The molecule has 0 fully saturated rings. The number of carbonyl (C=O) groups excluding carboxylic acids is 2. The predicted octanol–water partition coefficient (Wildman–Crippen LogP) is 5.85. The maximum atomic E-state index is 13.5.